The van der Waals surface area contributed by atoms with Crippen LogP contribution in [-0.2, 0) is 25.8 Å². The van der Waals surface area contributed by atoms with Gasteiger partial charge in [0.05, 0.1) is 5.25 Å². The van der Waals surface area contributed by atoms with Gasteiger partial charge in [-0.15, -0.1) is 0 Å². The molecule has 2 N–H and O–H groups in total. The highest BCUT2D eigenvalue weighted by Gasteiger charge is 2.31. The molecule has 1 aliphatic carbocycles. The molecular weight excluding hydrogens is 342 g/mol. The normalized spacial score (nSPS) is 16.5. The summed E-state index contributed by atoms with van der Waals surface area (Å²) >= 11 is 0. The number of rotatable bonds is 9. The number of carboxylic acids is 1. The Labute approximate surface area is 148 Å². The fraction of sp³-hybridized carbons (Fsp3) is 0.556. The second kappa shape index (κ2) is 8.99. The molecule has 138 valence electrons. The Balaban J connectivity index is 1.96. The summed E-state index contributed by atoms with van der Waals surface area (Å²) in [4.78, 5) is 23.1. The van der Waals surface area contributed by atoms with E-state index in [4.69, 9.17) is 5.11 Å². The van der Waals surface area contributed by atoms with Crippen molar-refractivity contribution in [3.05, 3.63) is 35.9 Å². The van der Waals surface area contributed by atoms with E-state index in [1.807, 2.05) is 30.3 Å². The number of sulfone groups is 1. The Bertz CT molecular complexity index is 681. The first kappa shape index (κ1) is 19.4. The van der Waals surface area contributed by atoms with Crippen molar-refractivity contribution in [2.24, 2.45) is 0 Å². The third-order valence-corrected chi connectivity index (χ3v) is 6.69. The number of hydrogen-bond acceptors (Lipinski definition) is 4. The molecule has 1 atom stereocenters. The minimum atomic E-state index is -3.44. The molecule has 1 amide bonds. The van der Waals surface area contributed by atoms with E-state index < -0.39 is 38.8 Å². The zero-order valence-corrected chi connectivity index (χ0v) is 15.0. The Morgan fingerprint density at radius 1 is 1.16 bits per heavy atom. The summed E-state index contributed by atoms with van der Waals surface area (Å²) in [6.45, 7) is 0. The van der Waals surface area contributed by atoms with Crippen molar-refractivity contribution < 1.29 is 23.1 Å². The van der Waals surface area contributed by atoms with Gasteiger partial charge in [0.15, 0.2) is 9.84 Å². The molecule has 6 nitrogen and oxygen atoms in total. The third-order valence-electron chi connectivity index (χ3n) is 4.54. The van der Waals surface area contributed by atoms with Crippen LogP contribution in [0.25, 0.3) is 0 Å². The van der Waals surface area contributed by atoms with E-state index in [0.717, 1.165) is 18.4 Å². The van der Waals surface area contributed by atoms with Crippen LogP contribution in [-0.4, -0.2) is 42.4 Å². The van der Waals surface area contributed by atoms with Crippen molar-refractivity contribution in [1.82, 2.24) is 5.32 Å². The molecule has 1 aromatic carbocycles. The Hall–Kier alpha value is -1.89. The van der Waals surface area contributed by atoms with Gasteiger partial charge in [0.2, 0.25) is 5.91 Å². The molecule has 0 radical (unpaired) electrons. The molecule has 0 bridgehead atoms. The van der Waals surface area contributed by atoms with Crippen molar-refractivity contribution in [2.45, 2.75) is 56.2 Å². The van der Waals surface area contributed by atoms with E-state index in [2.05, 4.69) is 5.32 Å². The first-order valence-electron chi connectivity index (χ1n) is 8.63. The predicted molar refractivity (Wildman–Crippen MR) is 95.0 cm³/mol. The number of nitrogens with one attached hydrogen (secondary N) is 1. The molecule has 25 heavy (non-hydrogen) atoms. The van der Waals surface area contributed by atoms with Gasteiger partial charge in [-0.2, -0.15) is 0 Å². The molecule has 0 saturated heterocycles. The van der Waals surface area contributed by atoms with Crippen molar-refractivity contribution in [3.63, 3.8) is 0 Å². The smallest absolute Gasteiger partial charge is 0.303 e. The van der Waals surface area contributed by atoms with Crippen LogP contribution < -0.4 is 5.32 Å². The van der Waals surface area contributed by atoms with Crippen LogP contribution in [0.5, 0.6) is 0 Å². The summed E-state index contributed by atoms with van der Waals surface area (Å²) in [5.74, 6) is -2.00. The SMILES string of the molecule is O=C(O)CCC(Cc1ccccc1)NC(=O)CS(=O)(=O)C1CCCC1. The summed E-state index contributed by atoms with van der Waals surface area (Å²) in [7, 11) is -3.44. The van der Waals surface area contributed by atoms with Gasteiger partial charge in [-0.25, -0.2) is 8.42 Å². The Kier molecular flexibility index (Phi) is 6.99. The van der Waals surface area contributed by atoms with E-state index in [9.17, 15) is 18.0 Å². The number of hydrogen-bond donors (Lipinski definition) is 2. The largest absolute Gasteiger partial charge is 0.481 e. The second-order valence-electron chi connectivity index (χ2n) is 6.60. The molecule has 0 aromatic heterocycles. The van der Waals surface area contributed by atoms with Crippen molar-refractivity contribution in [2.75, 3.05) is 5.75 Å². The number of carboxylic acid groups (broad SMARTS) is 1. The van der Waals surface area contributed by atoms with Crippen LogP contribution in [0.1, 0.15) is 44.1 Å². The highest BCUT2D eigenvalue weighted by atomic mass is 32.2. The molecule has 1 fully saturated rings. The predicted octanol–water partition coefficient (Wildman–Crippen LogP) is 1.94. The summed E-state index contributed by atoms with van der Waals surface area (Å²) in [5, 5.41) is 11.2. The standard InChI is InChI=1S/C18H25NO5S/c20-17(13-25(23,24)16-8-4-5-9-16)19-15(10-11-18(21)22)12-14-6-2-1-3-7-14/h1-3,6-7,15-16H,4-5,8-13H2,(H,19,20)(H,21,22). The zero-order chi connectivity index (χ0) is 18.3. The monoisotopic (exact) mass is 367 g/mol. The highest BCUT2D eigenvalue weighted by Crippen LogP contribution is 2.25. The first-order valence-corrected chi connectivity index (χ1v) is 10.3. The Morgan fingerprint density at radius 3 is 2.40 bits per heavy atom. The van der Waals surface area contributed by atoms with Gasteiger partial charge in [-0.05, 0) is 31.2 Å². The fourth-order valence-corrected chi connectivity index (χ4v) is 4.98. The summed E-state index contributed by atoms with van der Waals surface area (Å²) < 4.78 is 24.6. The van der Waals surface area contributed by atoms with Crippen LogP contribution in [0.15, 0.2) is 30.3 Å². The lowest BCUT2D eigenvalue weighted by Crippen LogP contribution is -2.41. The molecule has 0 aliphatic heterocycles. The number of carbonyl (C=O) groups excluding carboxylic acids is 1. The molecule has 0 spiro atoms. The average Bonchev–Trinajstić information content (AvgIpc) is 3.08. The van der Waals surface area contributed by atoms with E-state index in [-0.39, 0.29) is 12.8 Å². The molecule has 0 heterocycles. The van der Waals surface area contributed by atoms with Gasteiger partial charge in [-0.3, -0.25) is 9.59 Å². The molecule has 1 aliphatic rings. The Morgan fingerprint density at radius 2 is 1.80 bits per heavy atom. The second-order valence-corrected chi connectivity index (χ2v) is 8.88. The first-order chi connectivity index (χ1) is 11.9. The van der Waals surface area contributed by atoms with Crippen LogP contribution in [0.3, 0.4) is 0 Å². The number of benzene rings is 1. The molecule has 1 aromatic rings. The fourth-order valence-electron chi connectivity index (χ4n) is 3.24. The molecule has 2 rings (SSSR count). The maximum absolute atomic E-state index is 12.3. The summed E-state index contributed by atoms with van der Waals surface area (Å²) in [5.41, 5.74) is 0.969. The van der Waals surface area contributed by atoms with E-state index >= 15 is 0 Å². The summed E-state index contributed by atoms with van der Waals surface area (Å²) in [6.07, 6.45) is 3.70. The lowest BCUT2D eigenvalue weighted by Gasteiger charge is -2.19. The van der Waals surface area contributed by atoms with Crippen molar-refractivity contribution >= 4 is 21.7 Å². The van der Waals surface area contributed by atoms with Crippen LogP contribution in [0.4, 0.5) is 0 Å². The van der Waals surface area contributed by atoms with Gasteiger partial charge in [0.1, 0.15) is 5.75 Å². The molecule has 1 unspecified atom stereocenters. The zero-order valence-electron chi connectivity index (χ0n) is 14.2. The number of carbonyl (C=O) groups is 2. The highest BCUT2D eigenvalue weighted by molar-refractivity contribution is 7.92. The maximum atomic E-state index is 12.3. The van der Waals surface area contributed by atoms with Gasteiger partial charge >= 0.3 is 5.97 Å². The lowest BCUT2D eigenvalue weighted by atomic mass is 10.0. The van der Waals surface area contributed by atoms with Crippen molar-refractivity contribution in [1.29, 1.82) is 0 Å². The number of amides is 1. The van der Waals surface area contributed by atoms with Crippen LogP contribution in [0, 0.1) is 0 Å². The van der Waals surface area contributed by atoms with E-state index in [0.29, 0.717) is 19.3 Å². The maximum Gasteiger partial charge on any atom is 0.303 e. The van der Waals surface area contributed by atoms with Gasteiger partial charge in [-0.1, -0.05) is 43.2 Å². The topological polar surface area (TPSA) is 101 Å². The summed E-state index contributed by atoms with van der Waals surface area (Å²) in [6, 6.07) is 9.02. The van der Waals surface area contributed by atoms with Gasteiger partial charge in [0.25, 0.3) is 0 Å². The van der Waals surface area contributed by atoms with Crippen molar-refractivity contribution in [3.8, 4) is 0 Å². The van der Waals surface area contributed by atoms with Crippen LogP contribution in [0.2, 0.25) is 0 Å². The van der Waals surface area contributed by atoms with E-state index in [1.54, 1.807) is 0 Å². The number of aliphatic carboxylic acids is 1. The third kappa shape index (κ3) is 6.49. The van der Waals surface area contributed by atoms with Gasteiger partial charge in [0, 0.05) is 12.5 Å². The molecule has 1 saturated carbocycles. The quantitative estimate of drug-likeness (QED) is 0.695. The van der Waals surface area contributed by atoms with E-state index in [1.165, 1.54) is 0 Å². The minimum absolute atomic E-state index is 0.0762. The van der Waals surface area contributed by atoms with Crippen LogP contribution >= 0.6 is 0 Å². The molecular formula is C18H25NO5S. The minimum Gasteiger partial charge on any atom is -0.481 e. The average molecular weight is 367 g/mol. The van der Waals surface area contributed by atoms with Gasteiger partial charge < -0.3 is 10.4 Å². The molecule has 7 heteroatoms. The lowest BCUT2D eigenvalue weighted by molar-refractivity contribution is -0.137.